The van der Waals surface area contributed by atoms with Crippen LogP contribution in [0.15, 0.2) is 78.2 Å². The van der Waals surface area contributed by atoms with Gasteiger partial charge in [-0.1, -0.05) is 19.1 Å². The molecular formula is C46H51N11O5. The maximum absolute atomic E-state index is 13.5. The van der Waals surface area contributed by atoms with Gasteiger partial charge in [0.25, 0.3) is 11.5 Å². The van der Waals surface area contributed by atoms with Gasteiger partial charge in [0.15, 0.2) is 11.5 Å². The minimum Gasteiger partial charge on any atom is -0.384 e. The van der Waals surface area contributed by atoms with Gasteiger partial charge in [-0.2, -0.15) is 4.98 Å². The molecule has 320 valence electrons. The highest BCUT2D eigenvalue weighted by Crippen LogP contribution is 2.39. The number of piperidine rings is 2. The molecule has 7 heterocycles. The van der Waals surface area contributed by atoms with Crippen molar-refractivity contribution in [3.05, 3.63) is 106 Å². The number of anilines is 4. The molecule has 1 unspecified atom stereocenters. The summed E-state index contributed by atoms with van der Waals surface area (Å²) >= 11 is 0. The van der Waals surface area contributed by atoms with E-state index in [4.69, 9.17) is 9.97 Å². The zero-order valence-electron chi connectivity index (χ0n) is 34.9. The van der Waals surface area contributed by atoms with Crippen LogP contribution in [0.4, 0.5) is 23.0 Å². The van der Waals surface area contributed by atoms with Gasteiger partial charge in [0.1, 0.15) is 17.0 Å². The van der Waals surface area contributed by atoms with Crippen molar-refractivity contribution in [2.45, 2.75) is 82.6 Å². The van der Waals surface area contributed by atoms with Crippen molar-refractivity contribution >= 4 is 51.8 Å². The van der Waals surface area contributed by atoms with Crippen LogP contribution in [0.25, 0.3) is 16.9 Å². The minimum absolute atomic E-state index is 0.143. The highest BCUT2D eigenvalue weighted by Gasteiger charge is 2.40. The highest BCUT2D eigenvalue weighted by atomic mass is 16.3. The average Bonchev–Trinajstić information content (AvgIpc) is 3.91. The van der Waals surface area contributed by atoms with Gasteiger partial charge in [-0.15, -0.1) is 6.58 Å². The Morgan fingerprint density at radius 2 is 1.65 bits per heavy atom. The number of amides is 3. The Bertz CT molecular complexity index is 2660. The molecule has 2 atom stereocenters. The number of carbonyl (C=O) groups excluding carboxylic acids is 3. The second kappa shape index (κ2) is 15.8. The van der Waals surface area contributed by atoms with Gasteiger partial charge in [-0.25, -0.2) is 19.3 Å². The summed E-state index contributed by atoms with van der Waals surface area (Å²) in [6.07, 6.45) is 7.90. The highest BCUT2D eigenvalue weighted by molar-refractivity contribution is 6.05. The summed E-state index contributed by atoms with van der Waals surface area (Å²) in [5.74, 6) is 0.0411. The van der Waals surface area contributed by atoms with E-state index in [1.165, 1.54) is 0 Å². The molecule has 0 radical (unpaired) electrons. The minimum atomic E-state index is -0.997. The number of nitrogens with one attached hydrogen (secondary N) is 2. The Labute approximate surface area is 358 Å². The van der Waals surface area contributed by atoms with Crippen molar-refractivity contribution in [3.63, 3.8) is 0 Å². The number of imide groups is 1. The molecule has 2 aromatic carbocycles. The van der Waals surface area contributed by atoms with Gasteiger partial charge in [-0.05, 0) is 98.2 Å². The number of aryl methyl sites for hydroxylation is 1. The van der Waals surface area contributed by atoms with Gasteiger partial charge < -0.3 is 25.1 Å². The predicted molar refractivity (Wildman–Crippen MR) is 235 cm³/mol. The van der Waals surface area contributed by atoms with E-state index in [1.54, 1.807) is 26.5 Å². The first-order chi connectivity index (χ1) is 30.1. The quantitative estimate of drug-likeness (QED) is 0.137. The second-order valence-electron chi connectivity index (χ2n) is 17.1. The summed E-state index contributed by atoms with van der Waals surface area (Å²) in [5, 5.41) is 17.4. The number of piperazine rings is 1. The summed E-state index contributed by atoms with van der Waals surface area (Å²) in [4.78, 5) is 74.2. The molecule has 62 heavy (non-hydrogen) atoms. The lowest BCUT2D eigenvalue weighted by Crippen LogP contribution is -2.53. The molecule has 5 aliphatic rings. The second-order valence-corrected chi connectivity index (χ2v) is 17.1. The Morgan fingerprint density at radius 1 is 0.887 bits per heavy atom. The number of aromatic nitrogens is 5. The lowest BCUT2D eigenvalue weighted by molar-refractivity contribution is -0.136. The molecule has 3 fully saturated rings. The first kappa shape index (κ1) is 39.7. The molecule has 0 spiro atoms. The number of carbonyl (C=O) groups is 3. The number of aliphatic hydroxyl groups is 1. The molecule has 16 nitrogen and oxygen atoms in total. The summed E-state index contributed by atoms with van der Waals surface area (Å²) in [6.45, 7) is 12.1. The maximum atomic E-state index is 13.5. The normalized spacial score (nSPS) is 22.0. The molecule has 3 saturated heterocycles. The summed E-state index contributed by atoms with van der Waals surface area (Å²) in [7, 11) is 0. The fourth-order valence-electron chi connectivity index (χ4n) is 10.1. The van der Waals surface area contributed by atoms with Gasteiger partial charge >= 0.3 is 0 Å². The molecular weight excluding hydrogens is 787 g/mol. The van der Waals surface area contributed by atoms with Crippen LogP contribution in [0, 0.1) is 0 Å². The van der Waals surface area contributed by atoms with E-state index in [2.05, 4.69) is 55.1 Å². The standard InChI is InChI=1S/C46H51N11O5/c1-3-19-56-44(61)36-27-47-45(51-41(36)57(56)38-13-5-29-15-18-46(62,4-2)40(29)49-38)48-31-6-8-32(9-7-31)52-20-16-33(17-21-52)53-22-24-54(25-23-53)34-10-11-35-30(26-34)28-55(43(35)60)37-12-14-39(58)50-42(37)59/h3,5-11,13,26-27,33,37,62H,1,4,12,14-25,28H2,2H3,(H,47,48,51)(H,50,58,59)/t37?,46-/m1/s1. The van der Waals surface area contributed by atoms with Gasteiger partial charge in [0, 0.05) is 87.1 Å². The van der Waals surface area contributed by atoms with E-state index in [9.17, 15) is 24.3 Å². The van der Waals surface area contributed by atoms with Crippen molar-refractivity contribution in [2.24, 2.45) is 0 Å². The first-order valence-corrected chi connectivity index (χ1v) is 21.8. The lowest BCUT2D eigenvalue weighted by atomic mass is 9.98. The molecule has 3 amide bonds. The van der Waals surface area contributed by atoms with Crippen LogP contribution in [0.2, 0.25) is 0 Å². The SMILES string of the molecule is C=CCn1c(=O)c2cnc(Nc3ccc(N4CCC(N5CCN(c6ccc7c(c6)CN(C6CCC(=O)NC6=O)C7=O)CC5)CC4)cc3)nc2n1-c1ccc2c(n1)[C@@](O)(CC)CC2. The van der Waals surface area contributed by atoms with Crippen LogP contribution in [0.5, 0.6) is 0 Å². The van der Waals surface area contributed by atoms with E-state index >= 15 is 0 Å². The fourth-order valence-corrected chi connectivity index (χ4v) is 10.1. The van der Waals surface area contributed by atoms with Gasteiger partial charge in [0.2, 0.25) is 17.8 Å². The molecule has 0 bridgehead atoms. The van der Waals surface area contributed by atoms with Crippen LogP contribution < -0.4 is 26.0 Å². The summed E-state index contributed by atoms with van der Waals surface area (Å²) in [5.41, 5.74) is 5.51. The van der Waals surface area contributed by atoms with Crippen molar-refractivity contribution in [2.75, 3.05) is 54.4 Å². The Balaban J connectivity index is 0.754. The van der Waals surface area contributed by atoms with E-state index in [1.807, 2.05) is 43.3 Å². The fraction of sp³-hybridized carbons (Fsp3) is 0.413. The topological polar surface area (TPSA) is 174 Å². The Morgan fingerprint density at radius 3 is 2.39 bits per heavy atom. The van der Waals surface area contributed by atoms with E-state index < -0.39 is 11.6 Å². The van der Waals surface area contributed by atoms with Crippen LogP contribution in [-0.4, -0.2) is 108 Å². The Hall–Kier alpha value is -6.39. The molecule has 10 rings (SSSR count). The molecule has 3 aromatic heterocycles. The van der Waals surface area contributed by atoms with Crippen molar-refractivity contribution in [1.82, 2.24) is 39.4 Å². The number of fused-ring (bicyclic) bond motifs is 3. The Kier molecular flexibility index (Phi) is 10.1. The number of benzene rings is 2. The number of hydrogen-bond donors (Lipinski definition) is 3. The van der Waals surface area contributed by atoms with Crippen LogP contribution in [0.1, 0.15) is 72.6 Å². The number of nitrogens with zero attached hydrogens (tertiary/aromatic N) is 9. The smallest absolute Gasteiger partial charge is 0.278 e. The monoisotopic (exact) mass is 837 g/mol. The van der Waals surface area contributed by atoms with Crippen LogP contribution >= 0.6 is 0 Å². The molecule has 5 aromatic rings. The van der Waals surface area contributed by atoms with Crippen LogP contribution in [-0.2, 0) is 34.7 Å². The third-order valence-electron chi connectivity index (χ3n) is 13.6. The third kappa shape index (κ3) is 7.00. The van der Waals surface area contributed by atoms with Crippen molar-refractivity contribution < 1.29 is 19.5 Å². The largest absolute Gasteiger partial charge is 0.384 e. The van der Waals surface area contributed by atoms with Crippen LogP contribution in [0.3, 0.4) is 0 Å². The van der Waals surface area contributed by atoms with Gasteiger partial charge in [-0.3, -0.25) is 29.4 Å². The average molecular weight is 838 g/mol. The lowest BCUT2D eigenvalue weighted by Gasteiger charge is -2.44. The number of hydrogen-bond acceptors (Lipinski definition) is 12. The predicted octanol–water partition coefficient (Wildman–Crippen LogP) is 4.00. The van der Waals surface area contributed by atoms with Crippen molar-refractivity contribution in [1.29, 1.82) is 0 Å². The van der Waals surface area contributed by atoms with E-state index in [-0.39, 0.29) is 36.2 Å². The molecule has 1 aliphatic carbocycles. The van der Waals surface area contributed by atoms with Gasteiger partial charge in [0.05, 0.1) is 12.2 Å². The number of pyridine rings is 1. The summed E-state index contributed by atoms with van der Waals surface area (Å²) < 4.78 is 3.25. The zero-order valence-corrected chi connectivity index (χ0v) is 34.9. The molecule has 4 aliphatic heterocycles. The first-order valence-electron chi connectivity index (χ1n) is 21.8. The van der Waals surface area contributed by atoms with E-state index in [0.717, 1.165) is 86.7 Å². The number of allylic oxidation sites excluding steroid dienone is 1. The van der Waals surface area contributed by atoms with Crippen molar-refractivity contribution in [3.8, 4) is 5.82 Å². The van der Waals surface area contributed by atoms with E-state index in [0.29, 0.717) is 65.9 Å². The third-order valence-corrected chi connectivity index (χ3v) is 13.6. The maximum Gasteiger partial charge on any atom is 0.278 e. The number of rotatable bonds is 10. The molecule has 0 saturated carbocycles. The molecule has 3 N–H and O–H groups in total. The summed E-state index contributed by atoms with van der Waals surface area (Å²) in [6, 6.07) is 18.1. The molecule has 16 heteroatoms. The zero-order chi connectivity index (χ0) is 42.7.